The minimum Gasteiger partial charge on any atom is -0.297 e. The van der Waals surface area contributed by atoms with Crippen molar-refractivity contribution < 1.29 is 8.42 Å². The molecule has 3 aromatic heterocycles. The zero-order chi connectivity index (χ0) is 15.7. The number of imidazole rings is 1. The molecule has 0 saturated heterocycles. The molecule has 0 unspecified atom stereocenters. The highest BCUT2D eigenvalue weighted by Crippen LogP contribution is 2.23. The van der Waals surface area contributed by atoms with Gasteiger partial charge < -0.3 is 0 Å². The zero-order valence-corrected chi connectivity index (χ0v) is 13.1. The Kier molecular flexibility index (Phi) is 3.67. The SMILES string of the molecule is CS(=O)(=O)c1ccc(-n2cncc2-c2ccc(Cl)nc2)cn1. The molecule has 112 valence electrons. The van der Waals surface area contributed by atoms with E-state index in [9.17, 15) is 8.42 Å². The molecule has 0 N–H and O–H groups in total. The van der Waals surface area contributed by atoms with E-state index in [0.29, 0.717) is 10.8 Å². The molecule has 0 bridgehead atoms. The van der Waals surface area contributed by atoms with Crippen LogP contribution in [0.3, 0.4) is 0 Å². The fraction of sp³-hybridized carbons (Fsp3) is 0.0714. The number of halogens is 1. The van der Waals surface area contributed by atoms with Crippen molar-refractivity contribution in [2.45, 2.75) is 5.03 Å². The second-order valence-corrected chi connectivity index (χ2v) is 7.00. The van der Waals surface area contributed by atoms with Crippen molar-refractivity contribution >= 4 is 21.4 Å². The second-order valence-electron chi connectivity index (χ2n) is 4.65. The van der Waals surface area contributed by atoms with Crippen LogP contribution in [0.5, 0.6) is 0 Å². The summed E-state index contributed by atoms with van der Waals surface area (Å²) >= 11 is 5.79. The normalized spacial score (nSPS) is 11.5. The number of sulfone groups is 1. The monoisotopic (exact) mass is 334 g/mol. The van der Waals surface area contributed by atoms with Crippen LogP contribution in [0, 0.1) is 0 Å². The summed E-state index contributed by atoms with van der Waals surface area (Å²) in [6.45, 7) is 0. The molecular weight excluding hydrogens is 324 g/mol. The molecule has 0 radical (unpaired) electrons. The van der Waals surface area contributed by atoms with Crippen LogP contribution in [0.25, 0.3) is 16.9 Å². The molecule has 0 aliphatic heterocycles. The Hall–Kier alpha value is -2.25. The van der Waals surface area contributed by atoms with Crippen LogP contribution in [0.15, 0.2) is 54.2 Å². The first kappa shape index (κ1) is 14.7. The van der Waals surface area contributed by atoms with Crippen molar-refractivity contribution in [2.24, 2.45) is 0 Å². The van der Waals surface area contributed by atoms with Crippen LogP contribution in [0.4, 0.5) is 0 Å². The lowest BCUT2D eigenvalue weighted by Crippen LogP contribution is -2.02. The predicted octanol–water partition coefficient (Wildman–Crippen LogP) is 2.39. The molecule has 0 aromatic carbocycles. The number of nitrogens with zero attached hydrogens (tertiary/aromatic N) is 4. The summed E-state index contributed by atoms with van der Waals surface area (Å²) in [4.78, 5) is 12.2. The van der Waals surface area contributed by atoms with Gasteiger partial charge in [-0.3, -0.25) is 4.57 Å². The molecule has 3 aromatic rings. The average molecular weight is 335 g/mol. The maximum atomic E-state index is 11.4. The minimum absolute atomic E-state index is 0.0334. The van der Waals surface area contributed by atoms with Crippen LogP contribution in [-0.4, -0.2) is 34.2 Å². The van der Waals surface area contributed by atoms with Gasteiger partial charge in [0.1, 0.15) is 5.15 Å². The van der Waals surface area contributed by atoms with Gasteiger partial charge in [0, 0.05) is 18.0 Å². The topological polar surface area (TPSA) is 77.7 Å². The first-order chi connectivity index (χ1) is 10.4. The average Bonchev–Trinajstić information content (AvgIpc) is 2.97. The zero-order valence-electron chi connectivity index (χ0n) is 11.5. The van der Waals surface area contributed by atoms with E-state index in [1.54, 1.807) is 35.4 Å². The molecule has 0 saturated carbocycles. The lowest BCUT2D eigenvalue weighted by molar-refractivity contribution is 0.598. The summed E-state index contributed by atoms with van der Waals surface area (Å²) in [5.74, 6) is 0. The third kappa shape index (κ3) is 2.86. The molecule has 0 aliphatic rings. The number of aromatic nitrogens is 4. The van der Waals surface area contributed by atoms with Gasteiger partial charge in [0.25, 0.3) is 0 Å². The maximum absolute atomic E-state index is 11.4. The van der Waals surface area contributed by atoms with Gasteiger partial charge in [-0.05, 0) is 24.3 Å². The molecular formula is C14H11ClN4O2S. The lowest BCUT2D eigenvalue weighted by atomic mass is 10.2. The standard InChI is InChI=1S/C14H11ClN4O2S/c1-22(20,21)14-5-3-11(7-18-14)19-9-16-8-12(19)10-2-4-13(15)17-6-10/h2-9H,1H3. The van der Waals surface area contributed by atoms with Gasteiger partial charge in [-0.1, -0.05) is 11.6 Å². The van der Waals surface area contributed by atoms with Crippen molar-refractivity contribution in [1.29, 1.82) is 0 Å². The van der Waals surface area contributed by atoms with Crippen molar-refractivity contribution in [3.05, 3.63) is 54.3 Å². The van der Waals surface area contributed by atoms with Crippen LogP contribution in [0.1, 0.15) is 0 Å². The Morgan fingerprint density at radius 1 is 1.05 bits per heavy atom. The first-order valence-electron chi connectivity index (χ1n) is 6.26. The molecule has 0 spiro atoms. The Bertz CT molecular complexity index is 903. The van der Waals surface area contributed by atoms with Crippen molar-refractivity contribution in [3.63, 3.8) is 0 Å². The van der Waals surface area contributed by atoms with Gasteiger partial charge in [-0.25, -0.2) is 23.4 Å². The third-order valence-corrected chi connectivity index (χ3v) is 4.27. The summed E-state index contributed by atoms with van der Waals surface area (Å²) in [5.41, 5.74) is 2.35. The smallest absolute Gasteiger partial charge is 0.192 e. The van der Waals surface area contributed by atoms with E-state index in [-0.39, 0.29) is 5.03 Å². The highest BCUT2D eigenvalue weighted by Gasteiger charge is 2.11. The Morgan fingerprint density at radius 2 is 1.86 bits per heavy atom. The van der Waals surface area contributed by atoms with Gasteiger partial charge in [-0.15, -0.1) is 0 Å². The Balaban J connectivity index is 2.03. The van der Waals surface area contributed by atoms with Crippen LogP contribution in [0.2, 0.25) is 5.15 Å². The van der Waals surface area contributed by atoms with E-state index >= 15 is 0 Å². The van der Waals surface area contributed by atoms with Crippen molar-refractivity contribution in [3.8, 4) is 16.9 Å². The molecule has 22 heavy (non-hydrogen) atoms. The van der Waals surface area contributed by atoms with Gasteiger partial charge in [0.2, 0.25) is 0 Å². The van der Waals surface area contributed by atoms with Crippen LogP contribution >= 0.6 is 11.6 Å². The minimum atomic E-state index is -3.32. The van der Waals surface area contributed by atoms with Crippen molar-refractivity contribution in [2.75, 3.05) is 6.26 Å². The highest BCUT2D eigenvalue weighted by atomic mass is 35.5. The molecule has 3 heterocycles. The van der Waals surface area contributed by atoms with E-state index in [1.165, 1.54) is 12.3 Å². The molecule has 0 amide bonds. The largest absolute Gasteiger partial charge is 0.297 e. The number of hydrogen-bond acceptors (Lipinski definition) is 5. The predicted molar refractivity (Wildman–Crippen MR) is 82.7 cm³/mol. The fourth-order valence-corrected chi connectivity index (χ4v) is 2.65. The molecule has 0 aliphatic carbocycles. The summed E-state index contributed by atoms with van der Waals surface area (Å²) in [6.07, 6.45) is 7.58. The molecule has 6 nitrogen and oxygen atoms in total. The summed E-state index contributed by atoms with van der Waals surface area (Å²) in [5, 5.41) is 0.445. The van der Waals surface area contributed by atoms with Crippen LogP contribution in [-0.2, 0) is 9.84 Å². The quantitative estimate of drug-likeness (QED) is 0.687. The molecule has 8 heteroatoms. The van der Waals surface area contributed by atoms with Gasteiger partial charge in [0.05, 0.1) is 30.1 Å². The summed E-state index contributed by atoms with van der Waals surface area (Å²) in [7, 11) is -3.32. The number of rotatable bonds is 3. The van der Waals surface area contributed by atoms with E-state index in [4.69, 9.17) is 11.6 Å². The summed E-state index contributed by atoms with van der Waals surface area (Å²) in [6, 6.07) is 6.67. The van der Waals surface area contributed by atoms with Gasteiger partial charge in [-0.2, -0.15) is 0 Å². The van der Waals surface area contributed by atoms with E-state index < -0.39 is 9.84 Å². The van der Waals surface area contributed by atoms with E-state index in [1.807, 2.05) is 6.07 Å². The molecule has 0 fully saturated rings. The van der Waals surface area contributed by atoms with Gasteiger partial charge >= 0.3 is 0 Å². The maximum Gasteiger partial charge on any atom is 0.192 e. The van der Waals surface area contributed by atoms with Crippen molar-refractivity contribution in [1.82, 2.24) is 19.5 Å². The first-order valence-corrected chi connectivity index (χ1v) is 8.53. The fourth-order valence-electron chi connectivity index (χ4n) is 1.98. The molecule has 3 rings (SSSR count). The second kappa shape index (κ2) is 5.51. The van der Waals surface area contributed by atoms with E-state index in [2.05, 4.69) is 15.0 Å². The Labute approximate surface area is 132 Å². The number of hydrogen-bond donors (Lipinski definition) is 0. The van der Waals surface area contributed by atoms with E-state index in [0.717, 1.165) is 17.5 Å². The lowest BCUT2D eigenvalue weighted by Gasteiger charge is -2.08. The van der Waals surface area contributed by atoms with Crippen LogP contribution < -0.4 is 0 Å². The highest BCUT2D eigenvalue weighted by molar-refractivity contribution is 7.90. The number of pyridine rings is 2. The Morgan fingerprint density at radius 3 is 2.45 bits per heavy atom. The molecule has 0 atom stereocenters. The van der Waals surface area contributed by atoms with Gasteiger partial charge in [0.15, 0.2) is 14.9 Å². The summed E-state index contributed by atoms with van der Waals surface area (Å²) < 4.78 is 24.7. The third-order valence-electron chi connectivity index (χ3n) is 3.04.